The molecule has 64 heavy (non-hydrogen) atoms. The number of hydrogen-bond donors (Lipinski definition) is 1. The van der Waals surface area contributed by atoms with Crippen LogP contribution >= 0.6 is 11.3 Å². The van der Waals surface area contributed by atoms with Crippen molar-refractivity contribution in [3.63, 3.8) is 0 Å². The van der Waals surface area contributed by atoms with Crippen LogP contribution in [0.3, 0.4) is 0 Å². The van der Waals surface area contributed by atoms with Gasteiger partial charge in [-0.25, -0.2) is 0 Å². The van der Waals surface area contributed by atoms with Crippen molar-refractivity contribution in [3.8, 4) is 22.3 Å². The van der Waals surface area contributed by atoms with Gasteiger partial charge in [-0.05, 0) is 98.4 Å². The molecule has 1 radical (unpaired) electrons. The van der Waals surface area contributed by atoms with Gasteiger partial charge in [-0.15, -0.1) is 11.3 Å². The topological polar surface area (TPSA) is 28.4 Å². The minimum Gasteiger partial charge on any atom is -0.456 e. The van der Waals surface area contributed by atoms with Crippen LogP contribution in [0.25, 0.3) is 64.4 Å². The highest BCUT2D eigenvalue weighted by Crippen LogP contribution is 2.57. The Morgan fingerprint density at radius 2 is 1.28 bits per heavy atom. The van der Waals surface area contributed by atoms with Gasteiger partial charge in [0.15, 0.2) is 7.28 Å². The Morgan fingerprint density at radius 1 is 0.562 bits per heavy atom. The Labute approximate surface area is 379 Å². The SMILES string of the molecule is CC1(C)CCC(C)(C)c2cc3c(cc21)N1c2cc4oc5ccccc5c4c(-c4ccc(-c5ccccc5)cc4Nc4cccc5c4sc4ccccc45)c2[B]c2cccc(c21)C3(C)C. The number of thiophene rings is 1. The van der Waals surface area contributed by atoms with Gasteiger partial charge >= 0.3 is 0 Å². The van der Waals surface area contributed by atoms with E-state index in [2.05, 4.69) is 211 Å². The molecule has 0 unspecified atom stereocenters. The van der Waals surface area contributed by atoms with Gasteiger partial charge in [-0.1, -0.05) is 162 Å². The van der Waals surface area contributed by atoms with Crippen molar-refractivity contribution < 1.29 is 4.42 Å². The Balaban J connectivity index is 1.12. The number of hydrogen-bond acceptors (Lipinski definition) is 4. The zero-order chi connectivity index (χ0) is 43.3. The maximum atomic E-state index is 6.97. The van der Waals surface area contributed by atoms with Crippen molar-refractivity contribution in [2.75, 3.05) is 10.2 Å². The van der Waals surface area contributed by atoms with Crippen LogP contribution in [-0.4, -0.2) is 7.28 Å². The van der Waals surface area contributed by atoms with Crippen molar-refractivity contribution >= 4 is 100 Å². The molecule has 0 bridgehead atoms. The minimum atomic E-state index is -0.209. The summed E-state index contributed by atoms with van der Waals surface area (Å²) in [7, 11) is 2.47. The molecule has 1 aliphatic carbocycles. The average molecular weight is 844 g/mol. The summed E-state index contributed by atoms with van der Waals surface area (Å²) in [5, 5.41) is 8.90. The standard InChI is InChI=1S/C59H48BN2OS/c1-57(2)28-29-58(3,4)42-32-47-43(31-41(42)57)59(5,6)40-21-15-22-44-55(40)62(47)48-33-50-52(39-19-10-12-24-49(39)63-50)53(54(48)60-44)38-27-26-35(34-16-8-7-9-17-34)30-46(38)61-45-23-14-20-37-36-18-11-13-25-51(36)64-56(37)45/h7-27,30-33,61H,28-29H2,1-6H3. The molecule has 2 aromatic heterocycles. The van der Waals surface area contributed by atoms with Gasteiger partial charge in [0.05, 0.1) is 16.1 Å². The van der Waals surface area contributed by atoms with Gasteiger partial charge in [-0.3, -0.25) is 0 Å². The van der Waals surface area contributed by atoms with Gasteiger partial charge in [-0.2, -0.15) is 0 Å². The zero-order valence-electron chi connectivity index (χ0n) is 37.2. The number of para-hydroxylation sites is 2. The van der Waals surface area contributed by atoms with E-state index in [0.717, 1.165) is 56.5 Å². The fraction of sp³-hybridized carbons (Fsp3) is 0.186. The molecule has 2 aliphatic heterocycles. The fourth-order valence-corrected chi connectivity index (χ4v) is 12.7. The summed E-state index contributed by atoms with van der Waals surface area (Å²) in [5.41, 5.74) is 20.4. The molecule has 309 valence electrons. The molecular formula is C59H48BN2OS. The summed E-state index contributed by atoms with van der Waals surface area (Å²) in [5.74, 6) is 0. The molecule has 0 amide bonds. The lowest BCUT2D eigenvalue weighted by atomic mass is 9.55. The Hall–Kier alpha value is -6.56. The molecule has 4 heterocycles. The van der Waals surface area contributed by atoms with Crippen LogP contribution in [-0.2, 0) is 16.2 Å². The number of anilines is 5. The second-order valence-corrected chi connectivity index (χ2v) is 21.3. The molecule has 0 atom stereocenters. The normalized spacial score (nSPS) is 16.3. The maximum absolute atomic E-state index is 6.97. The van der Waals surface area contributed by atoms with Gasteiger partial charge in [0, 0.05) is 60.4 Å². The van der Waals surface area contributed by atoms with Crippen LogP contribution < -0.4 is 21.1 Å². The monoisotopic (exact) mass is 843 g/mol. The van der Waals surface area contributed by atoms with E-state index in [-0.39, 0.29) is 16.2 Å². The first kappa shape index (κ1) is 38.0. The summed E-state index contributed by atoms with van der Waals surface area (Å²) >= 11 is 1.85. The average Bonchev–Trinajstić information content (AvgIpc) is 3.88. The summed E-state index contributed by atoms with van der Waals surface area (Å²) in [6, 6.07) is 56.2. The first-order chi connectivity index (χ1) is 31.0. The Morgan fingerprint density at radius 3 is 2.11 bits per heavy atom. The maximum Gasteiger partial charge on any atom is 0.197 e. The van der Waals surface area contributed by atoms with E-state index < -0.39 is 0 Å². The third kappa shape index (κ3) is 5.34. The first-order valence-corrected chi connectivity index (χ1v) is 23.6. The highest BCUT2D eigenvalue weighted by atomic mass is 32.1. The molecule has 0 saturated heterocycles. The summed E-state index contributed by atoms with van der Waals surface area (Å²) < 4.78 is 9.52. The molecule has 3 aliphatic rings. The number of furan rings is 1. The molecule has 8 aromatic carbocycles. The molecular weight excluding hydrogens is 796 g/mol. The molecule has 13 rings (SSSR count). The van der Waals surface area contributed by atoms with E-state index in [4.69, 9.17) is 4.42 Å². The van der Waals surface area contributed by atoms with E-state index in [9.17, 15) is 0 Å². The lowest BCUT2D eigenvalue weighted by Crippen LogP contribution is -2.46. The molecule has 5 heteroatoms. The molecule has 1 N–H and O–H groups in total. The van der Waals surface area contributed by atoms with Gasteiger partial charge in [0.25, 0.3) is 0 Å². The van der Waals surface area contributed by atoms with Crippen molar-refractivity contribution in [1.82, 2.24) is 0 Å². The first-order valence-electron chi connectivity index (χ1n) is 22.8. The predicted molar refractivity (Wildman–Crippen MR) is 274 cm³/mol. The van der Waals surface area contributed by atoms with Gasteiger partial charge in [0.2, 0.25) is 0 Å². The number of nitrogens with zero attached hydrogens (tertiary/aromatic N) is 1. The molecule has 0 spiro atoms. The Bertz CT molecular complexity index is 3610. The minimum absolute atomic E-state index is 0.0563. The lowest BCUT2D eigenvalue weighted by Gasteiger charge is -2.49. The highest BCUT2D eigenvalue weighted by Gasteiger charge is 2.45. The predicted octanol–water partition coefficient (Wildman–Crippen LogP) is 15.5. The second-order valence-electron chi connectivity index (χ2n) is 20.2. The third-order valence-electron chi connectivity index (χ3n) is 15.1. The number of nitrogens with one attached hydrogen (secondary N) is 1. The quantitative estimate of drug-likeness (QED) is 0.179. The largest absolute Gasteiger partial charge is 0.456 e. The zero-order valence-corrected chi connectivity index (χ0v) is 38.0. The summed E-state index contributed by atoms with van der Waals surface area (Å²) in [6.45, 7) is 14.6. The lowest BCUT2D eigenvalue weighted by molar-refractivity contribution is 0.331. The van der Waals surface area contributed by atoms with E-state index in [1.54, 1.807) is 0 Å². The Kier molecular flexibility index (Phi) is 7.86. The van der Waals surface area contributed by atoms with Crippen molar-refractivity contribution in [2.24, 2.45) is 0 Å². The molecule has 0 fully saturated rings. The molecule has 3 nitrogen and oxygen atoms in total. The smallest absolute Gasteiger partial charge is 0.197 e. The van der Waals surface area contributed by atoms with E-state index >= 15 is 0 Å². The van der Waals surface area contributed by atoms with Crippen molar-refractivity contribution in [3.05, 3.63) is 174 Å². The van der Waals surface area contributed by atoms with Crippen LogP contribution in [0.15, 0.2) is 156 Å². The fourth-order valence-electron chi connectivity index (χ4n) is 11.6. The van der Waals surface area contributed by atoms with E-state index in [0.29, 0.717) is 0 Å². The van der Waals surface area contributed by atoms with E-state index in [1.807, 2.05) is 11.3 Å². The van der Waals surface area contributed by atoms with Gasteiger partial charge in [0.1, 0.15) is 11.2 Å². The number of fused-ring (bicyclic) bond motifs is 11. The third-order valence-corrected chi connectivity index (χ3v) is 16.4. The van der Waals surface area contributed by atoms with E-state index in [1.165, 1.54) is 82.3 Å². The van der Waals surface area contributed by atoms with Crippen molar-refractivity contribution in [2.45, 2.75) is 70.6 Å². The summed E-state index contributed by atoms with van der Waals surface area (Å²) in [4.78, 5) is 2.61. The van der Waals surface area contributed by atoms with Crippen molar-refractivity contribution in [1.29, 1.82) is 0 Å². The summed E-state index contributed by atoms with van der Waals surface area (Å²) in [6.07, 6.45) is 2.34. The van der Waals surface area contributed by atoms with Crippen LogP contribution in [0.4, 0.5) is 28.4 Å². The van der Waals surface area contributed by atoms with Crippen LogP contribution in [0.1, 0.15) is 76.6 Å². The second kappa shape index (κ2) is 13.2. The van der Waals surface area contributed by atoms with Crippen LogP contribution in [0.2, 0.25) is 0 Å². The molecule has 10 aromatic rings. The molecule has 0 saturated carbocycles. The van der Waals surface area contributed by atoms with Crippen LogP contribution in [0.5, 0.6) is 0 Å². The number of benzene rings is 8. The van der Waals surface area contributed by atoms with Gasteiger partial charge < -0.3 is 14.6 Å². The number of rotatable bonds is 4. The highest BCUT2D eigenvalue weighted by molar-refractivity contribution is 7.26. The van der Waals surface area contributed by atoms with Crippen LogP contribution in [0, 0.1) is 0 Å².